The Morgan fingerprint density at radius 1 is 1.15 bits per heavy atom. The Morgan fingerprint density at radius 3 is 2.30 bits per heavy atom. The number of likely N-dealkylation sites (tertiary alicyclic amines) is 1. The van der Waals surface area contributed by atoms with E-state index in [2.05, 4.69) is 10.2 Å². The molecule has 0 spiro atoms. The second-order valence-electron chi connectivity index (χ2n) is 5.39. The first-order chi connectivity index (χ1) is 9.17. The molecule has 1 saturated heterocycles. The van der Waals surface area contributed by atoms with Crippen LogP contribution in [0.4, 0.5) is 8.78 Å². The van der Waals surface area contributed by atoms with Gasteiger partial charge in [0.15, 0.2) is 0 Å². The molecule has 1 fully saturated rings. The van der Waals surface area contributed by atoms with Gasteiger partial charge in [-0.3, -0.25) is 4.90 Å². The fourth-order valence-corrected chi connectivity index (χ4v) is 2.74. The number of nitrogens with zero attached hydrogens (tertiary/aromatic N) is 1. The molecule has 114 valence electrons. The highest BCUT2D eigenvalue weighted by Gasteiger charge is 2.19. The van der Waals surface area contributed by atoms with Crippen molar-refractivity contribution in [3.8, 4) is 0 Å². The molecule has 1 heterocycles. The summed E-state index contributed by atoms with van der Waals surface area (Å²) in [6.45, 7) is 3.76. The summed E-state index contributed by atoms with van der Waals surface area (Å²) in [6, 6.07) is 3.78. The fraction of sp³-hybridized carbons (Fsp3) is 0.600. The van der Waals surface area contributed by atoms with Gasteiger partial charge in [-0.2, -0.15) is 0 Å². The van der Waals surface area contributed by atoms with E-state index in [-0.39, 0.29) is 12.4 Å². The summed E-state index contributed by atoms with van der Waals surface area (Å²) in [7, 11) is 1.98. The van der Waals surface area contributed by atoms with Crippen LogP contribution in [0.3, 0.4) is 0 Å². The average Bonchev–Trinajstić information content (AvgIpc) is 2.37. The molecule has 20 heavy (non-hydrogen) atoms. The zero-order valence-corrected chi connectivity index (χ0v) is 12.7. The monoisotopic (exact) mass is 304 g/mol. The van der Waals surface area contributed by atoms with Crippen molar-refractivity contribution in [1.29, 1.82) is 0 Å². The van der Waals surface area contributed by atoms with Crippen molar-refractivity contribution in [3.05, 3.63) is 35.4 Å². The highest BCUT2D eigenvalue weighted by molar-refractivity contribution is 5.85. The van der Waals surface area contributed by atoms with E-state index in [0.29, 0.717) is 6.54 Å². The molecule has 1 aliphatic rings. The van der Waals surface area contributed by atoms with Crippen LogP contribution in [-0.4, -0.2) is 31.6 Å². The molecular formula is C15H23ClF2N2. The Kier molecular flexibility index (Phi) is 7.41. The van der Waals surface area contributed by atoms with Crippen LogP contribution in [0.15, 0.2) is 18.2 Å². The summed E-state index contributed by atoms with van der Waals surface area (Å²) < 4.78 is 26.2. The third kappa shape index (κ3) is 5.35. The van der Waals surface area contributed by atoms with E-state index in [1.54, 1.807) is 0 Å². The summed E-state index contributed by atoms with van der Waals surface area (Å²) in [5.41, 5.74) is 0.728. The van der Waals surface area contributed by atoms with Gasteiger partial charge in [-0.1, -0.05) is 0 Å². The van der Waals surface area contributed by atoms with Crippen molar-refractivity contribution >= 4 is 12.4 Å². The van der Waals surface area contributed by atoms with Gasteiger partial charge in [0, 0.05) is 12.6 Å². The minimum Gasteiger partial charge on any atom is -0.320 e. The lowest BCUT2D eigenvalue weighted by Crippen LogP contribution is -2.34. The fourth-order valence-electron chi connectivity index (χ4n) is 2.74. The molecule has 0 aliphatic carbocycles. The van der Waals surface area contributed by atoms with Crippen molar-refractivity contribution < 1.29 is 8.78 Å². The Balaban J connectivity index is 0.00000200. The lowest BCUT2D eigenvalue weighted by atomic mass is 9.93. The first-order valence-corrected chi connectivity index (χ1v) is 6.99. The summed E-state index contributed by atoms with van der Waals surface area (Å²) >= 11 is 0. The normalized spacial score (nSPS) is 16.9. The zero-order chi connectivity index (χ0) is 13.7. The lowest BCUT2D eigenvalue weighted by Gasteiger charge is -2.32. The minimum atomic E-state index is -0.487. The molecule has 2 nitrogen and oxygen atoms in total. The van der Waals surface area contributed by atoms with Crippen LogP contribution in [0.25, 0.3) is 0 Å². The van der Waals surface area contributed by atoms with Crippen LogP contribution in [0.2, 0.25) is 0 Å². The van der Waals surface area contributed by atoms with Crippen molar-refractivity contribution in [2.75, 3.05) is 26.7 Å². The average molecular weight is 305 g/mol. The van der Waals surface area contributed by atoms with Gasteiger partial charge >= 0.3 is 0 Å². The lowest BCUT2D eigenvalue weighted by molar-refractivity contribution is 0.172. The predicted molar refractivity (Wildman–Crippen MR) is 80.2 cm³/mol. The second-order valence-corrected chi connectivity index (χ2v) is 5.39. The van der Waals surface area contributed by atoms with Gasteiger partial charge in [0.2, 0.25) is 0 Å². The Labute approximate surface area is 126 Å². The maximum Gasteiger partial charge on any atom is 0.126 e. The molecular weight excluding hydrogens is 282 g/mol. The first-order valence-electron chi connectivity index (χ1n) is 6.99. The van der Waals surface area contributed by atoms with E-state index in [1.165, 1.54) is 31.4 Å². The SMILES string of the molecule is CNCCC1CCN(Cc2cc(F)cc(F)c2)CC1.Cl. The van der Waals surface area contributed by atoms with Crippen LogP contribution in [-0.2, 0) is 6.54 Å². The van der Waals surface area contributed by atoms with Crippen LogP contribution in [0, 0.1) is 17.6 Å². The number of hydrogen-bond donors (Lipinski definition) is 1. The van der Waals surface area contributed by atoms with Gasteiger partial charge in [-0.25, -0.2) is 8.78 Å². The minimum absolute atomic E-state index is 0. The zero-order valence-electron chi connectivity index (χ0n) is 11.9. The molecule has 0 unspecified atom stereocenters. The molecule has 1 aromatic carbocycles. The molecule has 0 amide bonds. The molecule has 5 heteroatoms. The first kappa shape index (κ1) is 17.3. The maximum atomic E-state index is 13.1. The molecule has 0 radical (unpaired) electrons. The molecule has 0 bridgehead atoms. The number of piperidine rings is 1. The predicted octanol–water partition coefficient (Wildman–Crippen LogP) is 3.21. The molecule has 0 atom stereocenters. The van der Waals surface area contributed by atoms with Gasteiger partial charge in [0.1, 0.15) is 11.6 Å². The molecule has 1 N–H and O–H groups in total. The van der Waals surface area contributed by atoms with Gasteiger partial charge in [0.25, 0.3) is 0 Å². The van der Waals surface area contributed by atoms with Crippen LogP contribution < -0.4 is 5.32 Å². The van der Waals surface area contributed by atoms with Crippen molar-refractivity contribution in [2.24, 2.45) is 5.92 Å². The van der Waals surface area contributed by atoms with Gasteiger partial charge in [-0.15, -0.1) is 12.4 Å². The smallest absolute Gasteiger partial charge is 0.126 e. The molecule has 1 aliphatic heterocycles. The third-order valence-electron chi connectivity index (χ3n) is 3.84. The molecule has 0 aromatic heterocycles. The highest BCUT2D eigenvalue weighted by atomic mass is 35.5. The maximum absolute atomic E-state index is 13.1. The number of hydrogen-bond acceptors (Lipinski definition) is 2. The summed E-state index contributed by atoms with van der Waals surface area (Å²) in [5.74, 6) is -0.189. The summed E-state index contributed by atoms with van der Waals surface area (Å²) in [5, 5.41) is 3.18. The topological polar surface area (TPSA) is 15.3 Å². The Bertz CT molecular complexity index is 387. The van der Waals surface area contributed by atoms with Crippen molar-refractivity contribution in [1.82, 2.24) is 10.2 Å². The molecule has 0 saturated carbocycles. The van der Waals surface area contributed by atoms with Gasteiger partial charge in [0.05, 0.1) is 0 Å². The van der Waals surface area contributed by atoms with E-state index >= 15 is 0 Å². The van der Waals surface area contributed by atoms with Gasteiger partial charge < -0.3 is 5.32 Å². The number of nitrogens with one attached hydrogen (secondary N) is 1. The standard InChI is InChI=1S/C15H22F2N2.ClH/c1-18-5-2-12-3-6-19(7-4-12)11-13-8-14(16)10-15(17)9-13;/h8-10,12,18H,2-7,11H2,1H3;1H. The number of halogens is 3. The summed E-state index contributed by atoms with van der Waals surface area (Å²) in [4.78, 5) is 2.28. The summed E-state index contributed by atoms with van der Waals surface area (Å²) in [6.07, 6.45) is 3.58. The van der Waals surface area contributed by atoms with Crippen LogP contribution in [0.1, 0.15) is 24.8 Å². The molecule has 1 aromatic rings. The van der Waals surface area contributed by atoms with Crippen molar-refractivity contribution in [2.45, 2.75) is 25.8 Å². The van der Waals surface area contributed by atoms with E-state index in [1.807, 2.05) is 7.05 Å². The number of rotatable bonds is 5. The Morgan fingerprint density at radius 2 is 1.75 bits per heavy atom. The Hall–Kier alpha value is -0.710. The molecule has 2 rings (SSSR count). The second kappa shape index (κ2) is 8.55. The van der Waals surface area contributed by atoms with Crippen molar-refractivity contribution in [3.63, 3.8) is 0 Å². The highest BCUT2D eigenvalue weighted by Crippen LogP contribution is 2.21. The van der Waals surface area contributed by atoms with Gasteiger partial charge in [-0.05, 0) is 69.6 Å². The van der Waals surface area contributed by atoms with Crippen LogP contribution in [0.5, 0.6) is 0 Å². The largest absolute Gasteiger partial charge is 0.320 e. The van der Waals surface area contributed by atoms with E-state index < -0.39 is 11.6 Å². The number of benzene rings is 1. The van der Waals surface area contributed by atoms with E-state index in [4.69, 9.17) is 0 Å². The van der Waals surface area contributed by atoms with Crippen LogP contribution >= 0.6 is 12.4 Å². The third-order valence-corrected chi connectivity index (χ3v) is 3.84. The van der Waals surface area contributed by atoms with E-state index in [0.717, 1.165) is 37.2 Å². The quantitative estimate of drug-likeness (QED) is 0.898. The van der Waals surface area contributed by atoms with E-state index in [9.17, 15) is 8.78 Å².